The summed E-state index contributed by atoms with van der Waals surface area (Å²) in [5, 5.41) is 11.3. The zero-order valence-corrected chi connectivity index (χ0v) is 21.2. The van der Waals surface area contributed by atoms with E-state index in [-0.39, 0.29) is 16.7 Å². The summed E-state index contributed by atoms with van der Waals surface area (Å²) in [5.41, 5.74) is 2.71. The Balaban J connectivity index is 1.92. The first kappa shape index (κ1) is 25.0. The SMILES string of the molecule is CCOc1cccc(N2C(=O)C(=O)/C(=C(/O)c3cccc(OC)c3)C2c2ccc(C(C)(C)C)cc2)c1. The van der Waals surface area contributed by atoms with Gasteiger partial charge >= 0.3 is 0 Å². The molecular formula is C30H31NO5. The van der Waals surface area contributed by atoms with Crippen LogP contribution in [0.1, 0.15) is 50.4 Å². The lowest BCUT2D eigenvalue weighted by Gasteiger charge is -2.27. The second-order valence-corrected chi connectivity index (χ2v) is 9.70. The van der Waals surface area contributed by atoms with Gasteiger partial charge in [-0.3, -0.25) is 14.5 Å². The second-order valence-electron chi connectivity index (χ2n) is 9.70. The normalized spacial score (nSPS) is 17.4. The lowest BCUT2D eigenvalue weighted by molar-refractivity contribution is -0.132. The van der Waals surface area contributed by atoms with E-state index < -0.39 is 17.7 Å². The fourth-order valence-corrected chi connectivity index (χ4v) is 4.40. The Labute approximate surface area is 211 Å². The largest absolute Gasteiger partial charge is 0.507 e. The number of aliphatic hydroxyl groups is 1. The predicted octanol–water partition coefficient (Wildman–Crippen LogP) is 6.02. The van der Waals surface area contributed by atoms with Gasteiger partial charge < -0.3 is 14.6 Å². The minimum absolute atomic E-state index is 0.0265. The summed E-state index contributed by atoms with van der Waals surface area (Å²) in [7, 11) is 1.53. The van der Waals surface area contributed by atoms with E-state index in [9.17, 15) is 14.7 Å². The molecule has 1 aliphatic heterocycles. The van der Waals surface area contributed by atoms with Gasteiger partial charge in [-0.05, 0) is 47.7 Å². The number of rotatable bonds is 6. The Kier molecular flexibility index (Phi) is 6.88. The van der Waals surface area contributed by atoms with Crippen LogP contribution < -0.4 is 14.4 Å². The number of carbonyl (C=O) groups excluding carboxylic acids is 2. The molecule has 3 aromatic carbocycles. The van der Waals surface area contributed by atoms with Crippen molar-refractivity contribution in [1.29, 1.82) is 0 Å². The number of ketones is 1. The van der Waals surface area contributed by atoms with Crippen LogP contribution in [-0.4, -0.2) is 30.5 Å². The van der Waals surface area contributed by atoms with Crippen molar-refractivity contribution in [3.8, 4) is 11.5 Å². The molecule has 1 atom stereocenters. The van der Waals surface area contributed by atoms with Crippen molar-refractivity contribution in [1.82, 2.24) is 0 Å². The van der Waals surface area contributed by atoms with Crippen LogP contribution in [0.2, 0.25) is 0 Å². The van der Waals surface area contributed by atoms with Gasteiger partial charge in [0, 0.05) is 17.3 Å². The number of benzene rings is 3. The first-order valence-corrected chi connectivity index (χ1v) is 11.9. The number of methoxy groups -OCH3 is 1. The first-order valence-electron chi connectivity index (χ1n) is 11.9. The molecular weight excluding hydrogens is 454 g/mol. The highest BCUT2D eigenvalue weighted by atomic mass is 16.5. The highest BCUT2D eigenvalue weighted by molar-refractivity contribution is 6.51. The Morgan fingerprint density at radius 3 is 2.25 bits per heavy atom. The summed E-state index contributed by atoms with van der Waals surface area (Å²) >= 11 is 0. The zero-order valence-electron chi connectivity index (χ0n) is 21.2. The third-order valence-electron chi connectivity index (χ3n) is 6.29. The molecule has 0 bridgehead atoms. The van der Waals surface area contributed by atoms with Gasteiger partial charge in [-0.25, -0.2) is 0 Å². The summed E-state index contributed by atoms with van der Waals surface area (Å²) in [6.45, 7) is 8.71. The van der Waals surface area contributed by atoms with E-state index in [1.165, 1.54) is 12.0 Å². The Morgan fingerprint density at radius 2 is 1.61 bits per heavy atom. The van der Waals surface area contributed by atoms with E-state index >= 15 is 0 Å². The van der Waals surface area contributed by atoms with Gasteiger partial charge in [0.2, 0.25) is 0 Å². The monoisotopic (exact) mass is 485 g/mol. The van der Waals surface area contributed by atoms with E-state index in [0.29, 0.717) is 34.9 Å². The number of anilines is 1. The summed E-state index contributed by atoms with van der Waals surface area (Å²) in [4.78, 5) is 28.3. The van der Waals surface area contributed by atoms with Crippen LogP contribution in [0.15, 0.2) is 78.4 Å². The van der Waals surface area contributed by atoms with Crippen molar-refractivity contribution in [2.24, 2.45) is 0 Å². The fourth-order valence-electron chi connectivity index (χ4n) is 4.40. The highest BCUT2D eigenvalue weighted by Gasteiger charge is 2.47. The molecule has 0 aliphatic carbocycles. The van der Waals surface area contributed by atoms with E-state index in [0.717, 1.165) is 5.56 Å². The maximum atomic E-state index is 13.4. The Morgan fingerprint density at radius 1 is 0.944 bits per heavy atom. The van der Waals surface area contributed by atoms with Gasteiger partial charge in [0.1, 0.15) is 17.3 Å². The van der Waals surface area contributed by atoms with Crippen LogP contribution in [0.4, 0.5) is 5.69 Å². The number of Topliss-reactive ketones (excluding diaryl/α,β-unsaturated/α-hetero) is 1. The zero-order chi connectivity index (χ0) is 26.0. The third-order valence-corrected chi connectivity index (χ3v) is 6.29. The molecule has 0 radical (unpaired) electrons. The number of hydrogen-bond acceptors (Lipinski definition) is 5. The smallest absolute Gasteiger partial charge is 0.300 e. The molecule has 0 aromatic heterocycles. The number of ether oxygens (including phenoxy) is 2. The molecule has 1 heterocycles. The van der Waals surface area contributed by atoms with Gasteiger partial charge in [0.25, 0.3) is 11.7 Å². The van der Waals surface area contributed by atoms with E-state index in [1.54, 1.807) is 48.5 Å². The molecule has 1 amide bonds. The Hall–Kier alpha value is -4.06. The van der Waals surface area contributed by atoms with Crippen LogP contribution in [0.3, 0.4) is 0 Å². The molecule has 6 heteroatoms. The van der Waals surface area contributed by atoms with Crippen molar-refractivity contribution in [2.75, 3.05) is 18.6 Å². The summed E-state index contributed by atoms with van der Waals surface area (Å²) in [6, 6.07) is 20.9. The van der Waals surface area contributed by atoms with Crippen molar-refractivity contribution in [3.05, 3.63) is 95.1 Å². The van der Waals surface area contributed by atoms with Crippen LogP contribution in [0, 0.1) is 0 Å². The van der Waals surface area contributed by atoms with Gasteiger partial charge in [-0.1, -0.05) is 63.2 Å². The molecule has 1 unspecified atom stereocenters. The Bertz CT molecular complexity index is 1320. The molecule has 0 spiro atoms. The molecule has 186 valence electrons. The van der Waals surface area contributed by atoms with E-state index in [4.69, 9.17) is 9.47 Å². The number of carbonyl (C=O) groups is 2. The van der Waals surface area contributed by atoms with Gasteiger partial charge in [-0.2, -0.15) is 0 Å². The summed E-state index contributed by atoms with van der Waals surface area (Å²) in [5.74, 6) is -0.587. The van der Waals surface area contributed by atoms with Crippen molar-refractivity contribution in [2.45, 2.75) is 39.2 Å². The van der Waals surface area contributed by atoms with Crippen LogP contribution in [-0.2, 0) is 15.0 Å². The summed E-state index contributed by atoms with van der Waals surface area (Å²) < 4.78 is 10.9. The van der Waals surface area contributed by atoms with Gasteiger partial charge in [-0.15, -0.1) is 0 Å². The molecule has 3 aromatic rings. The van der Waals surface area contributed by atoms with Crippen molar-refractivity contribution in [3.63, 3.8) is 0 Å². The number of nitrogens with zero attached hydrogens (tertiary/aromatic N) is 1. The molecule has 6 nitrogen and oxygen atoms in total. The molecule has 0 saturated carbocycles. The number of hydrogen-bond donors (Lipinski definition) is 1. The minimum Gasteiger partial charge on any atom is -0.507 e. The highest BCUT2D eigenvalue weighted by Crippen LogP contribution is 2.43. The van der Waals surface area contributed by atoms with Crippen molar-refractivity contribution < 1.29 is 24.2 Å². The third kappa shape index (κ3) is 4.71. The molecule has 1 saturated heterocycles. The average molecular weight is 486 g/mol. The van der Waals surface area contributed by atoms with Crippen molar-refractivity contribution >= 4 is 23.1 Å². The standard InChI is InChI=1S/C30H31NO5/c1-6-36-24-12-8-10-22(18-24)31-26(19-13-15-21(16-14-19)30(2,3)4)25(28(33)29(31)34)27(32)20-9-7-11-23(17-20)35-5/h7-18,26,32H,6H2,1-5H3/b27-25+. The van der Waals surface area contributed by atoms with Crippen LogP contribution in [0.25, 0.3) is 5.76 Å². The molecule has 1 fully saturated rings. The fraction of sp³-hybridized carbons (Fsp3) is 0.267. The van der Waals surface area contributed by atoms with Crippen LogP contribution >= 0.6 is 0 Å². The first-order chi connectivity index (χ1) is 17.2. The van der Waals surface area contributed by atoms with Crippen LogP contribution in [0.5, 0.6) is 11.5 Å². The maximum absolute atomic E-state index is 13.4. The number of amides is 1. The number of aliphatic hydroxyl groups excluding tert-OH is 1. The quantitative estimate of drug-likeness (QED) is 0.263. The lowest BCUT2D eigenvalue weighted by atomic mass is 9.85. The molecule has 1 aliphatic rings. The van der Waals surface area contributed by atoms with Gasteiger partial charge in [0.15, 0.2) is 0 Å². The molecule has 4 rings (SSSR count). The van der Waals surface area contributed by atoms with Gasteiger partial charge in [0.05, 0.1) is 25.3 Å². The predicted molar refractivity (Wildman–Crippen MR) is 141 cm³/mol. The molecule has 36 heavy (non-hydrogen) atoms. The summed E-state index contributed by atoms with van der Waals surface area (Å²) in [6.07, 6.45) is 0. The maximum Gasteiger partial charge on any atom is 0.300 e. The van der Waals surface area contributed by atoms with E-state index in [2.05, 4.69) is 20.8 Å². The average Bonchev–Trinajstić information content (AvgIpc) is 3.14. The topological polar surface area (TPSA) is 76.1 Å². The van der Waals surface area contributed by atoms with E-state index in [1.807, 2.05) is 31.2 Å². The molecule has 1 N–H and O–H groups in total. The lowest BCUT2D eigenvalue weighted by Crippen LogP contribution is -2.29. The minimum atomic E-state index is -0.818. The second kappa shape index (κ2) is 9.90.